The van der Waals surface area contributed by atoms with E-state index in [1.165, 1.54) is 10.0 Å². The van der Waals surface area contributed by atoms with Gasteiger partial charge in [0.25, 0.3) is 0 Å². The van der Waals surface area contributed by atoms with Crippen LogP contribution in [0.3, 0.4) is 0 Å². The zero-order chi connectivity index (χ0) is 9.42. The van der Waals surface area contributed by atoms with Crippen LogP contribution in [0.25, 0.3) is 0 Å². The van der Waals surface area contributed by atoms with Crippen LogP contribution in [0.5, 0.6) is 5.75 Å². The molecule has 1 aliphatic heterocycles. The van der Waals surface area contributed by atoms with Gasteiger partial charge in [0, 0.05) is 0 Å². The Hall–Kier alpha value is -0.501. The van der Waals surface area contributed by atoms with Gasteiger partial charge in [-0.1, -0.05) is 0 Å². The summed E-state index contributed by atoms with van der Waals surface area (Å²) < 4.78 is 9.10. The molecule has 13 heavy (non-hydrogen) atoms. The molecule has 2 rings (SSSR count). The van der Waals surface area contributed by atoms with Crippen LogP contribution in [0.4, 0.5) is 0 Å². The van der Waals surface area contributed by atoms with E-state index in [4.69, 9.17) is 4.74 Å². The molecule has 0 fully saturated rings. The van der Waals surface area contributed by atoms with E-state index >= 15 is 0 Å². The fourth-order valence-corrected chi connectivity index (χ4v) is 3.69. The normalized spacial score (nSPS) is 21.6. The minimum absolute atomic E-state index is 0.501. The van der Waals surface area contributed by atoms with Crippen molar-refractivity contribution in [3.63, 3.8) is 0 Å². The molecule has 1 atom stereocenters. The summed E-state index contributed by atoms with van der Waals surface area (Å²) in [4.78, 5) is 0. The van der Waals surface area contributed by atoms with Crippen molar-refractivity contribution in [1.29, 1.82) is 0 Å². The number of fused-ring (bicyclic) bond motifs is 1. The number of hydrogen-bond donors (Lipinski definition) is 0. The van der Waals surface area contributed by atoms with Gasteiger partial charge < -0.3 is 0 Å². The third-order valence-electron chi connectivity index (χ3n) is 2.45. The Bertz CT molecular complexity index is 327. The minimum atomic E-state index is 0.501. The molecule has 0 aliphatic carbocycles. The topological polar surface area (TPSA) is 12.5 Å². The molecule has 1 aliphatic rings. The molecule has 2 nitrogen and oxygen atoms in total. The fourth-order valence-electron chi connectivity index (χ4n) is 1.49. The first-order valence-corrected chi connectivity index (χ1v) is 5.93. The second-order valence-corrected chi connectivity index (χ2v) is 5.73. The van der Waals surface area contributed by atoms with E-state index in [0.717, 1.165) is 5.75 Å². The molecule has 0 aromatic heterocycles. The quantitative estimate of drug-likeness (QED) is 0.680. The first kappa shape index (κ1) is 9.07. The summed E-state index contributed by atoms with van der Waals surface area (Å²) in [6.07, 6.45) is 0. The number of rotatable bonds is 1. The Morgan fingerprint density at radius 3 is 2.92 bits per heavy atom. The summed E-state index contributed by atoms with van der Waals surface area (Å²) in [6.45, 7) is 2.24. The second kappa shape index (κ2) is 3.33. The maximum atomic E-state index is 5.21. The van der Waals surface area contributed by atoms with Gasteiger partial charge in [0.1, 0.15) is 0 Å². The molecule has 0 N–H and O–H groups in total. The molecule has 1 aromatic rings. The summed E-state index contributed by atoms with van der Waals surface area (Å²) in [5.41, 5.74) is 1.43. The van der Waals surface area contributed by atoms with Crippen LogP contribution in [0.2, 0.25) is 0 Å². The Morgan fingerprint density at radius 2 is 2.23 bits per heavy atom. The number of hydrogen-bond acceptors (Lipinski definition) is 2. The molecular formula is C10H13NOSe. The SMILES string of the molecule is COc1ccc2c(c1)C(C)N(C)[Se]2. The van der Waals surface area contributed by atoms with Gasteiger partial charge in [0.15, 0.2) is 0 Å². The van der Waals surface area contributed by atoms with E-state index in [-0.39, 0.29) is 0 Å². The van der Waals surface area contributed by atoms with E-state index in [1.807, 2.05) is 6.07 Å². The summed E-state index contributed by atoms with van der Waals surface area (Å²) in [7, 11) is 3.90. The van der Waals surface area contributed by atoms with Gasteiger partial charge in [0.05, 0.1) is 0 Å². The fraction of sp³-hybridized carbons (Fsp3) is 0.400. The predicted octanol–water partition coefficient (Wildman–Crippen LogP) is 0.946. The van der Waals surface area contributed by atoms with Crippen LogP contribution < -0.4 is 9.20 Å². The van der Waals surface area contributed by atoms with Crippen molar-refractivity contribution >= 4 is 19.6 Å². The predicted molar refractivity (Wildman–Crippen MR) is 54.6 cm³/mol. The van der Waals surface area contributed by atoms with Gasteiger partial charge in [-0.15, -0.1) is 0 Å². The first-order chi connectivity index (χ1) is 6.22. The number of methoxy groups -OCH3 is 1. The van der Waals surface area contributed by atoms with Crippen LogP contribution >= 0.6 is 0 Å². The molecule has 0 amide bonds. The van der Waals surface area contributed by atoms with Crippen molar-refractivity contribution < 1.29 is 4.74 Å². The van der Waals surface area contributed by atoms with Crippen molar-refractivity contribution in [3.8, 4) is 5.75 Å². The molecule has 70 valence electrons. The maximum absolute atomic E-state index is 5.21. The van der Waals surface area contributed by atoms with Crippen molar-refractivity contribution in [3.05, 3.63) is 23.8 Å². The Morgan fingerprint density at radius 1 is 1.46 bits per heavy atom. The van der Waals surface area contributed by atoms with Gasteiger partial charge in [0.2, 0.25) is 0 Å². The number of benzene rings is 1. The molecule has 3 heteroatoms. The van der Waals surface area contributed by atoms with Crippen molar-refractivity contribution in [1.82, 2.24) is 3.92 Å². The van der Waals surface area contributed by atoms with E-state index < -0.39 is 0 Å². The Balaban J connectivity index is 2.42. The average Bonchev–Trinajstić information content (AvgIpc) is 2.43. The summed E-state index contributed by atoms with van der Waals surface area (Å²) in [5.74, 6) is 0.969. The van der Waals surface area contributed by atoms with Gasteiger partial charge in [-0.2, -0.15) is 0 Å². The van der Waals surface area contributed by atoms with E-state index in [2.05, 4.69) is 30.0 Å². The van der Waals surface area contributed by atoms with E-state index in [9.17, 15) is 0 Å². The molecule has 0 spiro atoms. The van der Waals surface area contributed by atoms with E-state index in [1.54, 1.807) is 7.11 Å². The van der Waals surface area contributed by atoms with Crippen LogP contribution in [-0.2, 0) is 0 Å². The monoisotopic (exact) mass is 243 g/mol. The van der Waals surface area contributed by atoms with Gasteiger partial charge >= 0.3 is 84.9 Å². The third-order valence-corrected chi connectivity index (χ3v) is 4.92. The molecule has 1 aromatic carbocycles. The van der Waals surface area contributed by atoms with Gasteiger partial charge in [-0.05, 0) is 0 Å². The van der Waals surface area contributed by atoms with Crippen LogP contribution in [-0.4, -0.2) is 33.2 Å². The number of ether oxygens (including phenoxy) is 1. The zero-order valence-electron chi connectivity index (χ0n) is 8.07. The van der Waals surface area contributed by atoms with Crippen LogP contribution in [0, 0.1) is 0 Å². The van der Waals surface area contributed by atoms with Crippen molar-refractivity contribution in [2.75, 3.05) is 14.2 Å². The Kier molecular flexibility index (Phi) is 2.33. The Labute approximate surface area is 85.3 Å². The molecule has 1 unspecified atom stereocenters. The molecular weight excluding hydrogens is 229 g/mol. The first-order valence-electron chi connectivity index (χ1n) is 4.31. The second-order valence-electron chi connectivity index (χ2n) is 3.22. The zero-order valence-corrected chi connectivity index (χ0v) is 9.79. The summed E-state index contributed by atoms with van der Waals surface area (Å²) >= 11 is 0.501. The van der Waals surface area contributed by atoms with Crippen molar-refractivity contribution in [2.24, 2.45) is 0 Å². The number of nitrogens with zero attached hydrogens (tertiary/aromatic N) is 1. The summed E-state index contributed by atoms with van der Waals surface area (Å²) in [5, 5.41) is 0. The summed E-state index contributed by atoms with van der Waals surface area (Å²) in [6, 6.07) is 6.94. The van der Waals surface area contributed by atoms with Crippen LogP contribution in [0.1, 0.15) is 18.5 Å². The van der Waals surface area contributed by atoms with E-state index in [0.29, 0.717) is 21.2 Å². The molecule has 0 bridgehead atoms. The standard InChI is InChI=1S/C10H13NOSe/c1-7-9-6-8(12-3)4-5-10(9)13-11(7)2/h4-7H,1-3H3. The average molecular weight is 242 g/mol. The molecule has 0 radical (unpaired) electrons. The third kappa shape index (κ3) is 1.48. The van der Waals surface area contributed by atoms with Crippen molar-refractivity contribution in [2.45, 2.75) is 13.0 Å². The molecule has 0 saturated carbocycles. The molecule has 0 saturated heterocycles. The van der Waals surface area contributed by atoms with Gasteiger partial charge in [-0.25, -0.2) is 0 Å². The van der Waals surface area contributed by atoms with Gasteiger partial charge in [-0.3, -0.25) is 0 Å². The molecule has 1 heterocycles. The van der Waals surface area contributed by atoms with Crippen LogP contribution in [0.15, 0.2) is 18.2 Å².